The molecule has 0 saturated heterocycles. The summed E-state index contributed by atoms with van der Waals surface area (Å²) < 4.78 is 10.7. The molecule has 0 saturated carbocycles. The molecule has 0 aliphatic heterocycles. The summed E-state index contributed by atoms with van der Waals surface area (Å²) in [6, 6.07) is 2.77. The summed E-state index contributed by atoms with van der Waals surface area (Å²) >= 11 is 0. The SMILES string of the molecule is CCN(C(=O)OC(C)(C)C)C(C)c1cc(B(O)O)c2occc2n1. The van der Waals surface area contributed by atoms with Crippen molar-refractivity contribution in [3.63, 3.8) is 0 Å². The first kappa shape index (κ1) is 18.3. The molecule has 130 valence electrons. The molecule has 0 aliphatic rings. The van der Waals surface area contributed by atoms with Crippen molar-refractivity contribution in [1.82, 2.24) is 9.88 Å². The summed E-state index contributed by atoms with van der Waals surface area (Å²) in [7, 11) is -1.69. The maximum absolute atomic E-state index is 12.4. The second-order valence-electron chi connectivity index (χ2n) is 6.59. The van der Waals surface area contributed by atoms with Gasteiger partial charge in [-0.15, -0.1) is 0 Å². The van der Waals surface area contributed by atoms with E-state index >= 15 is 0 Å². The fourth-order valence-corrected chi connectivity index (χ4v) is 2.45. The van der Waals surface area contributed by atoms with Crippen LogP contribution in [0, 0.1) is 0 Å². The van der Waals surface area contributed by atoms with E-state index in [0.717, 1.165) is 0 Å². The summed E-state index contributed by atoms with van der Waals surface area (Å²) in [5, 5.41) is 19.1. The Labute approximate surface area is 141 Å². The number of pyridine rings is 1. The van der Waals surface area contributed by atoms with Crippen LogP contribution in [-0.4, -0.2) is 45.3 Å². The van der Waals surface area contributed by atoms with Crippen LogP contribution in [0.1, 0.15) is 46.4 Å². The number of ether oxygens (including phenoxy) is 1. The van der Waals surface area contributed by atoms with Crippen LogP contribution in [0.2, 0.25) is 0 Å². The zero-order chi connectivity index (χ0) is 18.1. The average Bonchev–Trinajstić information content (AvgIpc) is 2.92. The molecule has 0 fully saturated rings. The second-order valence-corrected chi connectivity index (χ2v) is 6.59. The predicted molar refractivity (Wildman–Crippen MR) is 90.9 cm³/mol. The number of aromatic nitrogens is 1. The minimum absolute atomic E-state index is 0.215. The van der Waals surface area contributed by atoms with E-state index in [-0.39, 0.29) is 5.46 Å². The zero-order valence-corrected chi connectivity index (χ0v) is 14.6. The van der Waals surface area contributed by atoms with Gasteiger partial charge in [0, 0.05) is 18.1 Å². The summed E-state index contributed by atoms with van der Waals surface area (Å²) in [6.07, 6.45) is 0.987. The van der Waals surface area contributed by atoms with Gasteiger partial charge in [-0.3, -0.25) is 0 Å². The summed E-state index contributed by atoms with van der Waals surface area (Å²) in [5.41, 5.74) is 0.967. The molecule has 2 heterocycles. The minimum Gasteiger partial charge on any atom is -0.463 e. The lowest BCUT2D eigenvalue weighted by molar-refractivity contribution is 0.0183. The molecule has 2 N–H and O–H groups in total. The molecule has 0 radical (unpaired) electrons. The number of hydrogen-bond acceptors (Lipinski definition) is 6. The van der Waals surface area contributed by atoms with Gasteiger partial charge in [-0.05, 0) is 40.7 Å². The molecule has 2 rings (SSSR count). The molecular weight excluding hydrogens is 311 g/mol. The number of furan rings is 1. The molecule has 1 unspecified atom stereocenters. The van der Waals surface area contributed by atoms with E-state index in [1.807, 2.05) is 13.8 Å². The highest BCUT2D eigenvalue weighted by molar-refractivity contribution is 6.61. The van der Waals surface area contributed by atoms with Gasteiger partial charge in [0.2, 0.25) is 0 Å². The van der Waals surface area contributed by atoms with Gasteiger partial charge in [0.25, 0.3) is 0 Å². The van der Waals surface area contributed by atoms with Crippen molar-refractivity contribution in [2.75, 3.05) is 6.54 Å². The lowest BCUT2D eigenvalue weighted by Crippen LogP contribution is -2.39. The Kier molecular flexibility index (Phi) is 5.20. The molecule has 2 aromatic heterocycles. The van der Waals surface area contributed by atoms with Crippen LogP contribution in [0.3, 0.4) is 0 Å². The van der Waals surface area contributed by atoms with Crippen LogP contribution in [0.25, 0.3) is 11.1 Å². The predicted octanol–water partition coefficient (Wildman–Crippen LogP) is 1.83. The quantitative estimate of drug-likeness (QED) is 0.828. The number of amides is 1. The van der Waals surface area contributed by atoms with E-state index in [1.165, 1.54) is 17.2 Å². The number of carbonyl (C=O) groups is 1. The first-order chi connectivity index (χ1) is 11.1. The molecule has 8 heteroatoms. The van der Waals surface area contributed by atoms with Crippen molar-refractivity contribution in [3.05, 3.63) is 24.1 Å². The molecule has 0 spiro atoms. The van der Waals surface area contributed by atoms with E-state index in [1.54, 1.807) is 26.8 Å². The van der Waals surface area contributed by atoms with E-state index in [0.29, 0.717) is 23.3 Å². The summed E-state index contributed by atoms with van der Waals surface area (Å²) in [4.78, 5) is 18.4. The molecule has 1 atom stereocenters. The fraction of sp³-hybridized carbons (Fsp3) is 0.500. The number of rotatable bonds is 4. The Morgan fingerprint density at radius 3 is 2.67 bits per heavy atom. The first-order valence-electron chi connectivity index (χ1n) is 7.88. The third-order valence-electron chi connectivity index (χ3n) is 3.60. The highest BCUT2D eigenvalue weighted by Gasteiger charge is 2.28. The molecule has 2 aromatic rings. The number of nitrogens with zero attached hydrogens (tertiary/aromatic N) is 2. The van der Waals surface area contributed by atoms with Crippen molar-refractivity contribution in [2.24, 2.45) is 0 Å². The van der Waals surface area contributed by atoms with Gasteiger partial charge >= 0.3 is 13.2 Å². The molecule has 0 bridgehead atoms. The van der Waals surface area contributed by atoms with E-state index in [9.17, 15) is 14.8 Å². The van der Waals surface area contributed by atoms with Crippen LogP contribution >= 0.6 is 0 Å². The minimum atomic E-state index is -1.69. The van der Waals surface area contributed by atoms with Gasteiger partial charge in [0.15, 0.2) is 5.58 Å². The standard InChI is InChI=1S/C16H23BN2O5/c1-6-19(15(20)24-16(3,4)5)10(2)13-9-11(17(21)22)14-12(18-13)7-8-23-14/h7-10,21-22H,6H2,1-5H3. The van der Waals surface area contributed by atoms with E-state index in [4.69, 9.17) is 9.15 Å². The fourth-order valence-electron chi connectivity index (χ4n) is 2.45. The van der Waals surface area contributed by atoms with Gasteiger partial charge in [-0.1, -0.05) is 0 Å². The molecule has 1 amide bonds. The highest BCUT2D eigenvalue weighted by atomic mass is 16.6. The lowest BCUT2D eigenvalue weighted by atomic mass is 9.79. The zero-order valence-electron chi connectivity index (χ0n) is 14.6. The van der Waals surface area contributed by atoms with Gasteiger partial charge in [-0.2, -0.15) is 0 Å². The Bertz CT molecular complexity index is 723. The first-order valence-corrected chi connectivity index (χ1v) is 7.88. The maximum Gasteiger partial charge on any atom is 0.492 e. The van der Waals surface area contributed by atoms with Crippen LogP contribution < -0.4 is 5.46 Å². The summed E-state index contributed by atoms with van der Waals surface area (Å²) in [6.45, 7) is 9.50. The average molecular weight is 334 g/mol. The van der Waals surface area contributed by atoms with Gasteiger partial charge < -0.3 is 24.1 Å². The van der Waals surface area contributed by atoms with Crippen LogP contribution in [0.5, 0.6) is 0 Å². The van der Waals surface area contributed by atoms with Crippen LogP contribution in [0.4, 0.5) is 4.79 Å². The Morgan fingerprint density at radius 1 is 1.46 bits per heavy atom. The van der Waals surface area contributed by atoms with Crippen molar-refractivity contribution in [3.8, 4) is 0 Å². The van der Waals surface area contributed by atoms with E-state index in [2.05, 4.69) is 4.98 Å². The number of carbonyl (C=O) groups excluding carboxylic acids is 1. The smallest absolute Gasteiger partial charge is 0.463 e. The molecular formula is C16H23BN2O5. The molecule has 0 aromatic carbocycles. The van der Waals surface area contributed by atoms with Crippen LogP contribution in [0.15, 0.2) is 22.8 Å². The number of hydrogen-bond donors (Lipinski definition) is 2. The van der Waals surface area contributed by atoms with Crippen molar-refractivity contribution < 1.29 is 24.0 Å². The van der Waals surface area contributed by atoms with Crippen LogP contribution in [-0.2, 0) is 4.74 Å². The molecule has 0 aliphatic carbocycles. The Hall–Kier alpha value is -2.06. The Morgan fingerprint density at radius 2 is 2.12 bits per heavy atom. The van der Waals surface area contributed by atoms with Gasteiger partial charge in [-0.25, -0.2) is 9.78 Å². The lowest BCUT2D eigenvalue weighted by Gasteiger charge is -2.30. The number of fused-ring (bicyclic) bond motifs is 1. The van der Waals surface area contributed by atoms with Crippen molar-refractivity contribution in [2.45, 2.75) is 46.3 Å². The molecule has 24 heavy (non-hydrogen) atoms. The molecule has 7 nitrogen and oxygen atoms in total. The normalized spacial score (nSPS) is 13.0. The second kappa shape index (κ2) is 6.82. The Balaban J connectivity index is 2.38. The largest absolute Gasteiger partial charge is 0.492 e. The maximum atomic E-state index is 12.4. The van der Waals surface area contributed by atoms with Crippen molar-refractivity contribution in [1.29, 1.82) is 0 Å². The van der Waals surface area contributed by atoms with Gasteiger partial charge in [0.1, 0.15) is 11.1 Å². The third kappa shape index (κ3) is 3.88. The topological polar surface area (TPSA) is 96.0 Å². The third-order valence-corrected chi connectivity index (χ3v) is 3.60. The van der Waals surface area contributed by atoms with E-state index < -0.39 is 24.9 Å². The van der Waals surface area contributed by atoms with Gasteiger partial charge in [0.05, 0.1) is 18.0 Å². The summed E-state index contributed by atoms with van der Waals surface area (Å²) in [5.74, 6) is 0. The highest BCUT2D eigenvalue weighted by Crippen LogP contribution is 2.23. The van der Waals surface area contributed by atoms with Crippen molar-refractivity contribution >= 4 is 29.8 Å². The monoisotopic (exact) mass is 334 g/mol.